The first kappa shape index (κ1) is 18.8. The number of esters is 1. The molecule has 0 spiro atoms. The van der Waals surface area contributed by atoms with Gasteiger partial charge in [-0.2, -0.15) is 4.99 Å². The molecule has 140 valence electrons. The fraction of sp³-hybridized carbons (Fsp3) is 0.250. The van der Waals surface area contributed by atoms with Crippen molar-refractivity contribution >= 4 is 33.4 Å². The molecule has 0 atom stereocenters. The van der Waals surface area contributed by atoms with Crippen LogP contribution in [0.5, 0.6) is 5.75 Å². The van der Waals surface area contributed by atoms with Gasteiger partial charge in [0, 0.05) is 12.1 Å². The topological polar surface area (TPSA) is 69.9 Å². The summed E-state index contributed by atoms with van der Waals surface area (Å²) >= 11 is 1.38. The SMILES string of the molecule is COC(=O)CCn1c(=NC(=O)c2ccccc2C)sc2cc(OC)ccc21. The summed E-state index contributed by atoms with van der Waals surface area (Å²) in [5.74, 6) is 0.102. The molecule has 0 aliphatic rings. The smallest absolute Gasteiger partial charge is 0.307 e. The van der Waals surface area contributed by atoms with Gasteiger partial charge in [0.25, 0.3) is 5.91 Å². The van der Waals surface area contributed by atoms with Crippen molar-refractivity contribution in [1.29, 1.82) is 0 Å². The Balaban J connectivity index is 2.10. The van der Waals surface area contributed by atoms with Crippen molar-refractivity contribution in [3.05, 3.63) is 58.4 Å². The van der Waals surface area contributed by atoms with E-state index < -0.39 is 0 Å². The minimum atomic E-state index is -0.313. The highest BCUT2D eigenvalue weighted by molar-refractivity contribution is 7.16. The van der Waals surface area contributed by atoms with Crippen molar-refractivity contribution in [3.8, 4) is 5.75 Å². The van der Waals surface area contributed by atoms with Gasteiger partial charge >= 0.3 is 5.97 Å². The van der Waals surface area contributed by atoms with Crippen LogP contribution in [0.15, 0.2) is 47.5 Å². The van der Waals surface area contributed by atoms with E-state index in [9.17, 15) is 9.59 Å². The quantitative estimate of drug-likeness (QED) is 0.633. The zero-order valence-corrected chi connectivity index (χ0v) is 16.2. The number of aromatic nitrogens is 1. The van der Waals surface area contributed by atoms with E-state index in [4.69, 9.17) is 9.47 Å². The van der Waals surface area contributed by atoms with Gasteiger partial charge < -0.3 is 14.0 Å². The lowest BCUT2D eigenvalue weighted by Crippen LogP contribution is -2.19. The lowest BCUT2D eigenvalue weighted by molar-refractivity contribution is -0.140. The van der Waals surface area contributed by atoms with Crippen LogP contribution in [0.3, 0.4) is 0 Å². The van der Waals surface area contributed by atoms with Gasteiger partial charge in [-0.05, 0) is 36.8 Å². The van der Waals surface area contributed by atoms with Gasteiger partial charge in [-0.1, -0.05) is 29.5 Å². The van der Waals surface area contributed by atoms with Crippen LogP contribution in [0.1, 0.15) is 22.3 Å². The summed E-state index contributed by atoms with van der Waals surface area (Å²) in [6.07, 6.45) is 0.195. The second-order valence-electron chi connectivity index (χ2n) is 5.93. The first-order valence-corrected chi connectivity index (χ1v) is 9.24. The minimum absolute atomic E-state index is 0.195. The average molecular weight is 384 g/mol. The number of carbonyl (C=O) groups is 2. The predicted molar refractivity (Wildman–Crippen MR) is 104 cm³/mol. The van der Waals surface area contributed by atoms with Crippen LogP contribution in [-0.4, -0.2) is 30.7 Å². The summed E-state index contributed by atoms with van der Waals surface area (Å²) in [6.45, 7) is 2.25. The molecule has 0 saturated carbocycles. The maximum absolute atomic E-state index is 12.7. The Morgan fingerprint density at radius 2 is 1.93 bits per heavy atom. The summed E-state index contributed by atoms with van der Waals surface area (Å²) in [5, 5.41) is 0. The van der Waals surface area contributed by atoms with Gasteiger partial charge in [0.15, 0.2) is 4.80 Å². The van der Waals surface area contributed by atoms with Crippen LogP contribution in [0, 0.1) is 6.92 Å². The van der Waals surface area contributed by atoms with Crippen LogP contribution >= 0.6 is 11.3 Å². The van der Waals surface area contributed by atoms with Crippen LogP contribution in [0.25, 0.3) is 10.2 Å². The maximum Gasteiger partial charge on any atom is 0.307 e. The predicted octanol–water partition coefficient (Wildman–Crippen LogP) is 3.32. The normalized spacial score (nSPS) is 11.6. The molecule has 0 aliphatic carbocycles. The Morgan fingerprint density at radius 3 is 2.63 bits per heavy atom. The van der Waals surface area contributed by atoms with Crippen molar-refractivity contribution < 1.29 is 19.1 Å². The Kier molecular flexibility index (Phi) is 5.71. The van der Waals surface area contributed by atoms with Gasteiger partial charge in [0.05, 0.1) is 30.9 Å². The van der Waals surface area contributed by atoms with Gasteiger partial charge in [0.2, 0.25) is 0 Å². The zero-order chi connectivity index (χ0) is 19.4. The molecule has 0 radical (unpaired) electrons. The number of ether oxygens (including phenoxy) is 2. The molecule has 2 aromatic carbocycles. The van der Waals surface area contributed by atoms with E-state index in [1.54, 1.807) is 13.2 Å². The van der Waals surface area contributed by atoms with Crippen molar-refractivity contribution in [3.63, 3.8) is 0 Å². The molecule has 3 aromatic rings. The Bertz CT molecular complexity index is 1070. The molecule has 3 rings (SSSR count). The first-order valence-electron chi connectivity index (χ1n) is 8.42. The molecule has 1 aromatic heterocycles. The van der Waals surface area contributed by atoms with E-state index >= 15 is 0 Å². The van der Waals surface area contributed by atoms with Gasteiger partial charge in [-0.3, -0.25) is 9.59 Å². The van der Waals surface area contributed by atoms with E-state index in [1.807, 2.05) is 47.9 Å². The summed E-state index contributed by atoms with van der Waals surface area (Å²) in [5.41, 5.74) is 2.32. The molecule has 0 bridgehead atoms. The number of aryl methyl sites for hydroxylation is 2. The number of fused-ring (bicyclic) bond motifs is 1. The monoisotopic (exact) mass is 384 g/mol. The second-order valence-corrected chi connectivity index (χ2v) is 6.94. The third-order valence-corrected chi connectivity index (χ3v) is 5.27. The largest absolute Gasteiger partial charge is 0.497 e. The number of benzene rings is 2. The molecule has 7 heteroatoms. The molecule has 0 fully saturated rings. The molecule has 0 saturated heterocycles. The number of hydrogen-bond donors (Lipinski definition) is 0. The van der Waals surface area contributed by atoms with Crippen LogP contribution < -0.4 is 9.54 Å². The standard InChI is InChI=1S/C20H20N2O4S/c1-13-6-4-5-7-15(13)19(24)21-20-22(11-10-18(23)26-3)16-9-8-14(25-2)12-17(16)27-20/h4-9,12H,10-11H2,1-3H3. The van der Waals surface area contributed by atoms with E-state index in [-0.39, 0.29) is 18.3 Å². The highest BCUT2D eigenvalue weighted by atomic mass is 32.1. The van der Waals surface area contributed by atoms with E-state index in [2.05, 4.69) is 4.99 Å². The van der Waals surface area contributed by atoms with E-state index in [1.165, 1.54) is 18.4 Å². The lowest BCUT2D eigenvalue weighted by Gasteiger charge is -2.05. The van der Waals surface area contributed by atoms with Gasteiger partial charge in [-0.25, -0.2) is 0 Å². The second kappa shape index (κ2) is 8.18. The molecule has 6 nitrogen and oxygen atoms in total. The maximum atomic E-state index is 12.7. The number of thiazole rings is 1. The number of carbonyl (C=O) groups excluding carboxylic acids is 2. The minimum Gasteiger partial charge on any atom is -0.497 e. The summed E-state index contributed by atoms with van der Waals surface area (Å²) in [6, 6.07) is 13.0. The molecular formula is C20H20N2O4S. The van der Waals surface area contributed by atoms with Crippen LogP contribution in [0.2, 0.25) is 0 Å². The third-order valence-electron chi connectivity index (χ3n) is 4.23. The number of rotatable bonds is 5. The van der Waals surface area contributed by atoms with E-state index in [0.29, 0.717) is 16.9 Å². The summed E-state index contributed by atoms with van der Waals surface area (Å²) < 4.78 is 12.8. The molecule has 27 heavy (non-hydrogen) atoms. The first-order chi connectivity index (χ1) is 13.0. The summed E-state index contributed by atoms with van der Waals surface area (Å²) in [4.78, 5) is 29.2. The Hall–Kier alpha value is -2.93. The van der Waals surface area contributed by atoms with Crippen molar-refractivity contribution in [2.75, 3.05) is 14.2 Å². The zero-order valence-electron chi connectivity index (χ0n) is 15.4. The summed E-state index contributed by atoms with van der Waals surface area (Å²) in [7, 11) is 2.96. The van der Waals surface area contributed by atoms with Crippen molar-refractivity contribution in [1.82, 2.24) is 4.57 Å². The van der Waals surface area contributed by atoms with Gasteiger partial charge in [-0.15, -0.1) is 0 Å². The molecule has 1 heterocycles. The van der Waals surface area contributed by atoms with Crippen molar-refractivity contribution in [2.24, 2.45) is 4.99 Å². The number of hydrogen-bond acceptors (Lipinski definition) is 5. The fourth-order valence-corrected chi connectivity index (χ4v) is 3.83. The highest BCUT2D eigenvalue weighted by Crippen LogP contribution is 2.23. The average Bonchev–Trinajstić information content (AvgIpc) is 3.02. The highest BCUT2D eigenvalue weighted by Gasteiger charge is 2.12. The molecule has 0 unspecified atom stereocenters. The van der Waals surface area contributed by atoms with E-state index in [0.717, 1.165) is 21.5 Å². The number of methoxy groups -OCH3 is 2. The van der Waals surface area contributed by atoms with Crippen LogP contribution in [0.4, 0.5) is 0 Å². The lowest BCUT2D eigenvalue weighted by atomic mass is 10.1. The molecule has 0 aliphatic heterocycles. The fourth-order valence-electron chi connectivity index (χ4n) is 2.75. The Labute approximate surface area is 160 Å². The number of nitrogens with zero attached hydrogens (tertiary/aromatic N) is 2. The molecule has 1 amide bonds. The van der Waals surface area contributed by atoms with Gasteiger partial charge in [0.1, 0.15) is 5.75 Å². The molecular weight excluding hydrogens is 364 g/mol. The van der Waals surface area contributed by atoms with Crippen LogP contribution in [-0.2, 0) is 16.1 Å². The third kappa shape index (κ3) is 4.09. The molecule has 0 N–H and O–H groups in total. The number of amides is 1. The Morgan fingerprint density at radius 1 is 1.15 bits per heavy atom. The van der Waals surface area contributed by atoms with Crippen molar-refractivity contribution in [2.45, 2.75) is 19.9 Å².